The highest BCUT2D eigenvalue weighted by Crippen LogP contribution is 2.39. The average Bonchev–Trinajstić information content (AvgIpc) is 3.23. The van der Waals surface area contributed by atoms with Gasteiger partial charge >= 0.3 is 12.4 Å². The Hall–Kier alpha value is -3.57. The second kappa shape index (κ2) is 11.1. The van der Waals surface area contributed by atoms with E-state index in [1.807, 2.05) is 37.3 Å². The summed E-state index contributed by atoms with van der Waals surface area (Å²) >= 11 is 6.00. The van der Waals surface area contributed by atoms with Crippen LogP contribution >= 0.6 is 11.6 Å². The Bertz CT molecular complexity index is 1390. The number of hydrazone groups is 1. The number of hydrogen-bond donors (Lipinski definition) is 0. The summed E-state index contributed by atoms with van der Waals surface area (Å²) in [6.45, 7) is 1.56. The molecule has 0 bridgehead atoms. The lowest BCUT2D eigenvalue weighted by atomic mass is 9.76. The predicted octanol–water partition coefficient (Wildman–Crippen LogP) is 6.99. The van der Waals surface area contributed by atoms with Crippen LogP contribution in [0.25, 0.3) is 0 Å². The van der Waals surface area contributed by atoms with Crippen LogP contribution in [0.3, 0.4) is 0 Å². The minimum Gasteiger partial charge on any atom is -0.364 e. The minimum absolute atomic E-state index is 0.198. The number of halogens is 7. The van der Waals surface area contributed by atoms with Gasteiger partial charge in [0, 0.05) is 18.4 Å². The summed E-state index contributed by atoms with van der Waals surface area (Å²) in [5.41, 5.74) is -0.878. The van der Waals surface area contributed by atoms with Gasteiger partial charge in [0.15, 0.2) is 0 Å². The van der Waals surface area contributed by atoms with Gasteiger partial charge in [0.2, 0.25) is 5.91 Å². The molecule has 212 valence electrons. The Morgan fingerprint density at radius 2 is 1.65 bits per heavy atom. The first-order valence-corrected chi connectivity index (χ1v) is 12.3. The molecule has 1 aliphatic rings. The Morgan fingerprint density at radius 3 is 2.20 bits per heavy atom. The molecular weight excluding hydrogens is 560 g/mol. The van der Waals surface area contributed by atoms with E-state index in [1.54, 1.807) is 0 Å². The SMILES string of the molecule is COCN(C(=O)CN1CC(C)(c2ccccc2)C(c2ccc(C(F)(F)F)c(Cl)c2)=N1)c1ccc(C(F)(F)F)cc1. The highest BCUT2D eigenvalue weighted by atomic mass is 35.5. The van der Waals surface area contributed by atoms with Crippen LogP contribution < -0.4 is 4.90 Å². The number of methoxy groups -OCH3 is 1. The number of benzene rings is 3. The molecule has 5 nitrogen and oxygen atoms in total. The maximum Gasteiger partial charge on any atom is 0.417 e. The lowest BCUT2D eigenvalue weighted by Gasteiger charge is -2.28. The molecule has 40 heavy (non-hydrogen) atoms. The summed E-state index contributed by atoms with van der Waals surface area (Å²) in [5.74, 6) is -0.507. The fourth-order valence-electron chi connectivity index (χ4n) is 4.61. The van der Waals surface area contributed by atoms with Crippen molar-refractivity contribution >= 4 is 28.9 Å². The van der Waals surface area contributed by atoms with Crippen molar-refractivity contribution in [1.82, 2.24) is 5.01 Å². The van der Waals surface area contributed by atoms with Gasteiger partial charge in [-0.05, 0) is 48.9 Å². The van der Waals surface area contributed by atoms with Crippen molar-refractivity contribution in [2.24, 2.45) is 5.10 Å². The molecule has 0 spiro atoms. The van der Waals surface area contributed by atoms with Crippen LogP contribution in [0.1, 0.15) is 29.2 Å². The molecule has 1 unspecified atom stereocenters. The average molecular weight is 584 g/mol. The van der Waals surface area contributed by atoms with E-state index < -0.39 is 39.8 Å². The Morgan fingerprint density at radius 1 is 1.00 bits per heavy atom. The van der Waals surface area contributed by atoms with Crippen molar-refractivity contribution in [3.63, 3.8) is 0 Å². The first kappa shape index (κ1) is 29.4. The summed E-state index contributed by atoms with van der Waals surface area (Å²) in [6, 6.07) is 16.6. The van der Waals surface area contributed by atoms with Crippen molar-refractivity contribution in [1.29, 1.82) is 0 Å². The smallest absolute Gasteiger partial charge is 0.364 e. The normalized spacial score (nSPS) is 17.6. The zero-order valence-corrected chi connectivity index (χ0v) is 22.1. The van der Waals surface area contributed by atoms with Crippen LogP contribution in [0.4, 0.5) is 32.0 Å². The molecule has 0 aromatic heterocycles. The number of amides is 1. The maximum atomic E-state index is 13.3. The number of carbonyl (C=O) groups excluding carboxylic acids is 1. The third-order valence-corrected chi connectivity index (χ3v) is 6.92. The predicted molar refractivity (Wildman–Crippen MR) is 139 cm³/mol. The Kier molecular flexibility index (Phi) is 8.18. The number of hydrogen-bond acceptors (Lipinski definition) is 4. The number of rotatable bonds is 7. The molecule has 3 aromatic rings. The van der Waals surface area contributed by atoms with Crippen LogP contribution in [-0.2, 0) is 27.3 Å². The molecule has 1 atom stereocenters. The van der Waals surface area contributed by atoms with Crippen molar-refractivity contribution in [2.75, 3.05) is 31.8 Å². The van der Waals surface area contributed by atoms with Crippen LogP contribution in [0, 0.1) is 0 Å². The van der Waals surface area contributed by atoms with E-state index in [1.165, 1.54) is 41.3 Å². The molecule has 0 radical (unpaired) electrons. The van der Waals surface area contributed by atoms with Crippen molar-refractivity contribution in [3.8, 4) is 0 Å². The van der Waals surface area contributed by atoms with Gasteiger partial charge in [-0.25, -0.2) is 0 Å². The number of alkyl halides is 6. The standard InChI is InChI=1S/C28H24ClF6N3O2/c1-26(19-6-4-3-5-7-19)16-37(36-25(26)18-8-13-22(23(29)14-18)28(33,34)35)15-24(39)38(17-40-2)21-11-9-20(10-12-21)27(30,31)32/h3-14H,15-17H2,1-2H3. The molecule has 0 fully saturated rings. The van der Waals surface area contributed by atoms with E-state index in [9.17, 15) is 31.1 Å². The Balaban J connectivity index is 1.67. The van der Waals surface area contributed by atoms with Crippen LogP contribution in [0.2, 0.25) is 5.02 Å². The molecule has 0 N–H and O–H groups in total. The number of carbonyl (C=O) groups is 1. The molecular formula is C28H24ClF6N3O2. The second-order valence-electron chi connectivity index (χ2n) is 9.45. The summed E-state index contributed by atoms with van der Waals surface area (Å²) < 4.78 is 84.0. The number of ether oxygens (including phenoxy) is 1. The van der Waals surface area contributed by atoms with Gasteiger partial charge in [-0.1, -0.05) is 48.0 Å². The molecule has 0 aliphatic carbocycles. The highest BCUT2D eigenvalue weighted by molar-refractivity contribution is 6.32. The van der Waals surface area contributed by atoms with Gasteiger partial charge in [-0.2, -0.15) is 31.4 Å². The zero-order valence-electron chi connectivity index (χ0n) is 21.4. The summed E-state index contributed by atoms with van der Waals surface area (Å²) in [4.78, 5) is 14.5. The molecule has 1 aliphatic heterocycles. The number of nitrogens with zero attached hydrogens (tertiary/aromatic N) is 3. The monoisotopic (exact) mass is 583 g/mol. The van der Waals surface area contributed by atoms with Gasteiger partial charge in [0.25, 0.3) is 0 Å². The first-order chi connectivity index (χ1) is 18.7. The maximum absolute atomic E-state index is 13.3. The molecule has 0 saturated carbocycles. The Labute approximate surface area is 231 Å². The van der Waals surface area contributed by atoms with E-state index in [-0.39, 0.29) is 25.5 Å². The van der Waals surface area contributed by atoms with E-state index in [4.69, 9.17) is 16.3 Å². The van der Waals surface area contributed by atoms with Crippen LogP contribution in [0.5, 0.6) is 0 Å². The largest absolute Gasteiger partial charge is 0.417 e. The van der Waals surface area contributed by atoms with E-state index in [0.29, 0.717) is 11.3 Å². The molecule has 4 rings (SSSR count). The lowest BCUT2D eigenvalue weighted by molar-refractivity contribution is -0.138. The topological polar surface area (TPSA) is 45.1 Å². The van der Waals surface area contributed by atoms with Crippen LogP contribution in [0.15, 0.2) is 77.9 Å². The molecule has 1 amide bonds. The first-order valence-electron chi connectivity index (χ1n) is 12.0. The molecule has 3 aromatic carbocycles. The van der Waals surface area contributed by atoms with Gasteiger partial charge in [0.05, 0.1) is 33.8 Å². The van der Waals surface area contributed by atoms with E-state index in [2.05, 4.69) is 5.10 Å². The molecule has 12 heteroatoms. The molecule has 1 heterocycles. The molecule has 0 saturated heterocycles. The minimum atomic E-state index is -4.63. The second-order valence-corrected chi connectivity index (χ2v) is 9.85. The van der Waals surface area contributed by atoms with Crippen molar-refractivity contribution in [3.05, 3.63) is 100 Å². The lowest BCUT2D eigenvalue weighted by Crippen LogP contribution is -2.42. The number of anilines is 1. The quantitative estimate of drug-likeness (QED) is 0.222. The van der Waals surface area contributed by atoms with Crippen molar-refractivity contribution in [2.45, 2.75) is 24.7 Å². The summed E-state index contributed by atoms with van der Waals surface area (Å²) in [7, 11) is 1.34. The summed E-state index contributed by atoms with van der Waals surface area (Å²) in [5, 5.41) is 5.61. The fourth-order valence-corrected chi connectivity index (χ4v) is 4.90. The van der Waals surface area contributed by atoms with Gasteiger partial charge in [0.1, 0.15) is 13.3 Å². The van der Waals surface area contributed by atoms with Gasteiger partial charge in [-0.15, -0.1) is 0 Å². The third-order valence-electron chi connectivity index (χ3n) is 6.60. The van der Waals surface area contributed by atoms with Gasteiger partial charge < -0.3 is 4.74 Å². The third kappa shape index (κ3) is 6.10. The highest BCUT2D eigenvalue weighted by Gasteiger charge is 2.42. The van der Waals surface area contributed by atoms with Crippen molar-refractivity contribution < 1.29 is 35.9 Å². The fraction of sp³-hybridized carbons (Fsp3) is 0.286. The summed E-state index contributed by atoms with van der Waals surface area (Å²) in [6.07, 6.45) is -9.16. The van der Waals surface area contributed by atoms with E-state index >= 15 is 0 Å². The van der Waals surface area contributed by atoms with E-state index in [0.717, 1.165) is 23.8 Å². The zero-order chi connectivity index (χ0) is 29.3. The van der Waals surface area contributed by atoms with Crippen LogP contribution in [-0.4, -0.2) is 43.6 Å². The van der Waals surface area contributed by atoms with Gasteiger partial charge in [-0.3, -0.25) is 14.7 Å².